The molecule has 0 spiro atoms. The van der Waals surface area contributed by atoms with Gasteiger partial charge in [0.05, 0.1) is 24.1 Å². The summed E-state index contributed by atoms with van der Waals surface area (Å²) >= 11 is 1.41. The molecule has 0 unspecified atom stereocenters. The Bertz CT molecular complexity index is 978. The summed E-state index contributed by atoms with van der Waals surface area (Å²) in [5.41, 5.74) is 3.01. The van der Waals surface area contributed by atoms with E-state index in [1.165, 1.54) is 11.8 Å². The summed E-state index contributed by atoms with van der Waals surface area (Å²) in [7, 11) is 0. The summed E-state index contributed by atoms with van der Waals surface area (Å²) in [6.07, 6.45) is 1.65. The molecule has 1 amide bonds. The molecule has 0 atom stereocenters. The molecule has 2 aromatic heterocycles. The van der Waals surface area contributed by atoms with Gasteiger partial charge in [0.1, 0.15) is 5.76 Å². The SMILES string of the molecule is C=C(C)CN(CC)C(=O)CSc1nnc(-c2ccoc2C)n1Cc1ccccc1. The van der Waals surface area contributed by atoms with Crippen molar-refractivity contribution in [2.45, 2.75) is 32.5 Å². The second-order valence-electron chi connectivity index (χ2n) is 6.92. The molecule has 0 aliphatic carbocycles. The van der Waals surface area contributed by atoms with Gasteiger partial charge in [-0.05, 0) is 32.4 Å². The maximum atomic E-state index is 12.6. The van der Waals surface area contributed by atoms with Crippen molar-refractivity contribution in [3.05, 3.63) is 66.1 Å². The molecule has 152 valence electrons. The first-order chi connectivity index (χ1) is 14.0. The van der Waals surface area contributed by atoms with Gasteiger partial charge in [-0.3, -0.25) is 9.36 Å². The van der Waals surface area contributed by atoms with Crippen LogP contribution in [0.3, 0.4) is 0 Å². The highest BCUT2D eigenvalue weighted by Gasteiger charge is 2.20. The van der Waals surface area contributed by atoms with Crippen LogP contribution in [0.1, 0.15) is 25.2 Å². The van der Waals surface area contributed by atoms with Gasteiger partial charge in [-0.2, -0.15) is 0 Å². The van der Waals surface area contributed by atoms with Crippen molar-refractivity contribution in [2.24, 2.45) is 0 Å². The van der Waals surface area contributed by atoms with Gasteiger partial charge in [0, 0.05) is 13.1 Å². The van der Waals surface area contributed by atoms with Crippen LogP contribution in [0.2, 0.25) is 0 Å². The summed E-state index contributed by atoms with van der Waals surface area (Å²) in [5, 5.41) is 9.49. The van der Waals surface area contributed by atoms with Crippen LogP contribution in [-0.2, 0) is 11.3 Å². The number of carbonyl (C=O) groups excluding carboxylic acids is 1. The Labute approximate surface area is 175 Å². The van der Waals surface area contributed by atoms with Gasteiger partial charge in [0.15, 0.2) is 11.0 Å². The average molecular weight is 411 g/mol. The lowest BCUT2D eigenvalue weighted by molar-refractivity contribution is -0.127. The topological polar surface area (TPSA) is 64.2 Å². The molecule has 0 aliphatic rings. The summed E-state index contributed by atoms with van der Waals surface area (Å²) in [4.78, 5) is 14.4. The van der Waals surface area contributed by atoms with E-state index in [1.807, 2.05) is 49.6 Å². The van der Waals surface area contributed by atoms with E-state index < -0.39 is 0 Å². The minimum absolute atomic E-state index is 0.0656. The number of aryl methyl sites for hydroxylation is 1. The first-order valence-electron chi connectivity index (χ1n) is 9.56. The van der Waals surface area contributed by atoms with Crippen LogP contribution >= 0.6 is 11.8 Å². The predicted octanol–water partition coefficient (Wildman–Crippen LogP) is 4.41. The van der Waals surface area contributed by atoms with E-state index in [4.69, 9.17) is 4.42 Å². The Morgan fingerprint density at radius 3 is 2.62 bits per heavy atom. The Morgan fingerprint density at radius 2 is 2.00 bits per heavy atom. The fourth-order valence-corrected chi connectivity index (χ4v) is 3.88. The molecule has 3 rings (SSSR count). The molecule has 1 aromatic carbocycles. The molecule has 0 radical (unpaired) electrons. The maximum Gasteiger partial charge on any atom is 0.233 e. The molecular weight excluding hydrogens is 384 g/mol. The van der Waals surface area contributed by atoms with E-state index in [1.54, 1.807) is 11.2 Å². The third-order valence-electron chi connectivity index (χ3n) is 4.52. The average Bonchev–Trinajstić information content (AvgIpc) is 3.30. The van der Waals surface area contributed by atoms with Crippen LogP contribution in [0.15, 0.2) is 64.4 Å². The van der Waals surface area contributed by atoms with Crippen molar-refractivity contribution >= 4 is 17.7 Å². The Balaban J connectivity index is 1.84. The fraction of sp³-hybridized carbons (Fsp3) is 0.318. The number of carbonyl (C=O) groups is 1. The van der Waals surface area contributed by atoms with Gasteiger partial charge in [0.25, 0.3) is 0 Å². The summed E-state index contributed by atoms with van der Waals surface area (Å²) in [6, 6.07) is 12.0. The number of furan rings is 1. The lowest BCUT2D eigenvalue weighted by atomic mass is 10.2. The highest BCUT2D eigenvalue weighted by molar-refractivity contribution is 7.99. The van der Waals surface area contributed by atoms with E-state index >= 15 is 0 Å². The van der Waals surface area contributed by atoms with E-state index in [0.717, 1.165) is 28.3 Å². The van der Waals surface area contributed by atoms with Crippen molar-refractivity contribution in [2.75, 3.05) is 18.8 Å². The lowest BCUT2D eigenvalue weighted by Gasteiger charge is -2.20. The van der Waals surface area contributed by atoms with Crippen molar-refractivity contribution in [3.8, 4) is 11.4 Å². The fourth-order valence-electron chi connectivity index (χ4n) is 3.04. The van der Waals surface area contributed by atoms with Gasteiger partial charge in [0.2, 0.25) is 5.91 Å². The van der Waals surface area contributed by atoms with Crippen LogP contribution in [0.25, 0.3) is 11.4 Å². The number of hydrogen-bond acceptors (Lipinski definition) is 5. The molecule has 2 heterocycles. The molecule has 3 aromatic rings. The standard InChI is InChI=1S/C22H26N4O2S/c1-5-25(13-16(2)3)20(27)15-29-22-24-23-21(19-11-12-28-17(19)4)26(22)14-18-9-7-6-8-10-18/h6-12H,2,5,13-15H2,1,3-4H3. The second kappa shape index (κ2) is 9.60. The number of aromatic nitrogens is 3. The number of rotatable bonds is 9. The van der Waals surface area contributed by atoms with E-state index in [0.29, 0.717) is 30.5 Å². The molecule has 6 nitrogen and oxygen atoms in total. The molecule has 0 saturated heterocycles. The molecule has 0 N–H and O–H groups in total. The monoisotopic (exact) mass is 410 g/mol. The Morgan fingerprint density at radius 1 is 1.24 bits per heavy atom. The lowest BCUT2D eigenvalue weighted by Crippen LogP contribution is -2.33. The van der Waals surface area contributed by atoms with E-state index in [-0.39, 0.29) is 5.91 Å². The van der Waals surface area contributed by atoms with Crippen LogP contribution in [-0.4, -0.2) is 44.4 Å². The van der Waals surface area contributed by atoms with Crippen molar-refractivity contribution in [3.63, 3.8) is 0 Å². The van der Waals surface area contributed by atoms with Gasteiger partial charge in [-0.1, -0.05) is 54.2 Å². The third-order valence-corrected chi connectivity index (χ3v) is 5.47. The van der Waals surface area contributed by atoms with E-state index in [9.17, 15) is 4.79 Å². The summed E-state index contributed by atoms with van der Waals surface area (Å²) in [5.74, 6) is 1.90. The normalized spacial score (nSPS) is 10.9. The molecule has 7 heteroatoms. The van der Waals surface area contributed by atoms with Gasteiger partial charge in [-0.15, -0.1) is 10.2 Å². The maximum absolute atomic E-state index is 12.6. The zero-order chi connectivity index (χ0) is 20.8. The minimum atomic E-state index is 0.0656. The molecule has 0 saturated carbocycles. The second-order valence-corrected chi connectivity index (χ2v) is 7.86. The predicted molar refractivity (Wildman–Crippen MR) is 116 cm³/mol. The van der Waals surface area contributed by atoms with Crippen LogP contribution in [0.5, 0.6) is 0 Å². The molecule has 0 bridgehead atoms. The van der Waals surface area contributed by atoms with Crippen molar-refractivity contribution in [1.82, 2.24) is 19.7 Å². The minimum Gasteiger partial charge on any atom is -0.469 e. The first-order valence-corrected chi connectivity index (χ1v) is 10.5. The number of thioether (sulfide) groups is 1. The summed E-state index contributed by atoms with van der Waals surface area (Å²) < 4.78 is 7.50. The Hall–Kier alpha value is -2.80. The zero-order valence-corrected chi connectivity index (χ0v) is 17.9. The van der Waals surface area contributed by atoms with Crippen LogP contribution < -0.4 is 0 Å². The van der Waals surface area contributed by atoms with Crippen LogP contribution in [0.4, 0.5) is 0 Å². The molecular formula is C22H26N4O2S. The van der Waals surface area contributed by atoms with Crippen LogP contribution in [0, 0.1) is 6.92 Å². The Kier molecular flexibility index (Phi) is 6.93. The number of likely N-dealkylation sites (N-methyl/N-ethyl adjacent to an activating group) is 1. The number of amides is 1. The van der Waals surface area contributed by atoms with E-state index in [2.05, 4.69) is 28.9 Å². The number of hydrogen-bond donors (Lipinski definition) is 0. The quantitative estimate of drug-likeness (QED) is 0.386. The van der Waals surface area contributed by atoms with Crippen molar-refractivity contribution in [1.29, 1.82) is 0 Å². The van der Waals surface area contributed by atoms with Gasteiger partial charge < -0.3 is 9.32 Å². The highest BCUT2D eigenvalue weighted by atomic mass is 32.2. The number of nitrogens with zero attached hydrogens (tertiary/aromatic N) is 4. The summed E-state index contributed by atoms with van der Waals surface area (Å²) in [6.45, 7) is 11.6. The third kappa shape index (κ3) is 5.17. The molecule has 0 aliphatic heterocycles. The zero-order valence-electron chi connectivity index (χ0n) is 17.1. The smallest absolute Gasteiger partial charge is 0.233 e. The van der Waals surface area contributed by atoms with Crippen molar-refractivity contribution < 1.29 is 9.21 Å². The largest absolute Gasteiger partial charge is 0.469 e. The van der Waals surface area contributed by atoms with Gasteiger partial charge in [-0.25, -0.2) is 0 Å². The molecule has 29 heavy (non-hydrogen) atoms. The highest BCUT2D eigenvalue weighted by Crippen LogP contribution is 2.28. The number of benzene rings is 1. The van der Waals surface area contributed by atoms with Gasteiger partial charge >= 0.3 is 0 Å². The molecule has 0 fully saturated rings. The first kappa shape index (κ1) is 20.9.